The van der Waals surface area contributed by atoms with Gasteiger partial charge in [-0.2, -0.15) is 0 Å². The molecule has 0 bridgehead atoms. The number of benzene rings is 5. The van der Waals surface area contributed by atoms with Crippen molar-refractivity contribution >= 4 is 64.2 Å². The summed E-state index contributed by atoms with van der Waals surface area (Å²) in [6.07, 6.45) is 0. The Balaban J connectivity index is 1.60. The van der Waals surface area contributed by atoms with E-state index in [9.17, 15) is 0 Å². The van der Waals surface area contributed by atoms with Crippen LogP contribution in [0.4, 0.5) is 0 Å². The minimum absolute atomic E-state index is 0.545. The van der Waals surface area contributed by atoms with Crippen molar-refractivity contribution in [2.45, 2.75) is 11.9 Å². The van der Waals surface area contributed by atoms with Gasteiger partial charge in [0.2, 0.25) is 0 Å². The third-order valence-corrected chi connectivity index (χ3v) is 6.16. The zero-order valence-electron chi connectivity index (χ0n) is 14.5. The fraction of sp³-hybridized carbons (Fsp3) is 0.0833. The summed E-state index contributed by atoms with van der Waals surface area (Å²) in [5.41, 5.74) is 2.39. The molecule has 0 radical (unpaired) electrons. The Bertz CT molecular complexity index is 1260. The molecule has 0 aliphatic heterocycles. The number of alkyl halides is 1. The van der Waals surface area contributed by atoms with Gasteiger partial charge >= 0.3 is 0 Å². The lowest BCUT2D eigenvalue weighted by atomic mass is 9.94. The van der Waals surface area contributed by atoms with E-state index in [4.69, 9.17) is 4.74 Å². The smallest absolute Gasteiger partial charge is 0.127 e. The third kappa shape index (κ3) is 2.99. The highest BCUT2D eigenvalue weighted by atomic mass is 79.9. The molecule has 132 valence electrons. The SMILES string of the molecule is BrCc1cc(Br)cc(COc2ccc3ccc4cccc5ccc2c3c45)c1. The van der Waals surface area contributed by atoms with E-state index in [0.29, 0.717) is 6.61 Å². The third-order valence-electron chi connectivity index (χ3n) is 5.05. The average molecular weight is 480 g/mol. The largest absolute Gasteiger partial charge is 0.488 e. The van der Waals surface area contributed by atoms with Gasteiger partial charge in [0, 0.05) is 20.6 Å². The molecule has 0 fully saturated rings. The number of ether oxygens (including phenoxy) is 1. The molecule has 0 atom stereocenters. The van der Waals surface area contributed by atoms with Crippen LogP contribution in [0.5, 0.6) is 5.75 Å². The van der Waals surface area contributed by atoms with Crippen molar-refractivity contribution < 1.29 is 4.74 Å². The molecule has 0 amide bonds. The molecular weight excluding hydrogens is 464 g/mol. The maximum absolute atomic E-state index is 6.27. The van der Waals surface area contributed by atoms with E-state index >= 15 is 0 Å². The molecule has 5 aromatic carbocycles. The minimum atomic E-state index is 0.545. The van der Waals surface area contributed by atoms with Gasteiger partial charge in [-0.1, -0.05) is 80.4 Å². The molecule has 0 aromatic heterocycles. The number of halogens is 2. The molecule has 27 heavy (non-hydrogen) atoms. The second-order valence-corrected chi connectivity index (χ2v) is 8.29. The highest BCUT2D eigenvalue weighted by molar-refractivity contribution is 9.10. The molecule has 0 aliphatic carbocycles. The van der Waals surface area contributed by atoms with Gasteiger partial charge in [0.1, 0.15) is 12.4 Å². The number of hydrogen-bond donors (Lipinski definition) is 0. The molecule has 5 aromatic rings. The van der Waals surface area contributed by atoms with Gasteiger partial charge in [-0.05, 0) is 56.9 Å². The molecule has 0 aliphatic rings. The molecule has 3 heteroatoms. The fourth-order valence-electron chi connectivity index (χ4n) is 3.87. The van der Waals surface area contributed by atoms with Crippen LogP contribution in [-0.4, -0.2) is 0 Å². The zero-order chi connectivity index (χ0) is 18.4. The number of hydrogen-bond acceptors (Lipinski definition) is 1. The van der Waals surface area contributed by atoms with Gasteiger partial charge in [-0.15, -0.1) is 0 Å². The highest BCUT2D eigenvalue weighted by Gasteiger charge is 2.11. The van der Waals surface area contributed by atoms with Crippen molar-refractivity contribution in [2.24, 2.45) is 0 Å². The van der Waals surface area contributed by atoms with Crippen LogP contribution in [0.25, 0.3) is 32.3 Å². The lowest BCUT2D eigenvalue weighted by Gasteiger charge is -2.15. The summed E-state index contributed by atoms with van der Waals surface area (Å²) in [7, 11) is 0. The quantitative estimate of drug-likeness (QED) is 0.188. The summed E-state index contributed by atoms with van der Waals surface area (Å²) in [5, 5.41) is 8.42. The van der Waals surface area contributed by atoms with E-state index in [1.54, 1.807) is 0 Å². The Morgan fingerprint density at radius 1 is 0.704 bits per heavy atom. The van der Waals surface area contributed by atoms with Crippen LogP contribution < -0.4 is 4.74 Å². The molecule has 0 unspecified atom stereocenters. The van der Waals surface area contributed by atoms with Crippen LogP contribution >= 0.6 is 31.9 Å². The first-order valence-electron chi connectivity index (χ1n) is 8.86. The molecule has 0 saturated heterocycles. The molecule has 1 nitrogen and oxygen atoms in total. The second kappa shape index (κ2) is 6.81. The van der Waals surface area contributed by atoms with Crippen molar-refractivity contribution in [3.05, 3.63) is 88.4 Å². The van der Waals surface area contributed by atoms with Crippen molar-refractivity contribution in [2.75, 3.05) is 0 Å². The summed E-state index contributed by atoms with van der Waals surface area (Å²) in [6.45, 7) is 0.545. The van der Waals surface area contributed by atoms with Crippen molar-refractivity contribution in [3.63, 3.8) is 0 Å². The normalized spacial score (nSPS) is 11.6. The van der Waals surface area contributed by atoms with Crippen molar-refractivity contribution in [3.8, 4) is 5.75 Å². The molecule has 0 saturated carbocycles. The fourth-order valence-corrected chi connectivity index (χ4v) is 4.79. The molecule has 0 N–H and O–H groups in total. The molecule has 0 spiro atoms. The Hall–Kier alpha value is -2.10. The van der Waals surface area contributed by atoms with E-state index in [0.717, 1.165) is 21.1 Å². The van der Waals surface area contributed by atoms with E-state index in [-0.39, 0.29) is 0 Å². The molecule has 0 heterocycles. The van der Waals surface area contributed by atoms with Crippen molar-refractivity contribution in [1.29, 1.82) is 0 Å². The number of rotatable bonds is 4. The van der Waals surface area contributed by atoms with Gasteiger partial charge in [0.25, 0.3) is 0 Å². The van der Waals surface area contributed by atoms with Gasteiger partial charge in [-0.25, -0.2) is 0 Å². The van der Waals surface area contributed by atoms with Crippen LogP contribution in [0.2, 0.25) is 0 Å². The topological polar surface area (TPSA) is 9.23 Å². The first-order chi connectivity index (χ1) is 13.2. The Morgan fingerprint density at radius 2 is 1.37 bits per heavy atom. The van der Waals surface area contributed by atoms with Gasteiger partial charge in [0.15, 0.2) is 0 Å². The average Bonchev–Trinajstić information content (AvgIpc) is 2.70. The Labute approximate surface area is 174 Å². The lowest BCUT2D eigenvalue weighted by Crippen LogP contribution is -1.97. The first kappa shape index (κ1) is 17.0. The maximum atomic E-state index is 6.27. The minimum Gasteiger partial charge on any atom is -0.488 e. The lowest BCUT2D eigenvalue weighted by molar-refractivity contribution is 0.310. The van der Waals surface area contributed by atoms with Gasteiger partial charge in [-0.3, -0.25) is 0 Å². The summed E-state index contributed by atoms with van der Waals surface area (Å²) >= 11 is 7.12. The monoisotopic (exact) mass is 478 g/mol. The van der Waals surface area contributed by atoms with Crippen LogP contribution in [0, 0.1) is 0 Å². The predicted octanol–water partition coefficient (Wildman–Crippen LogP) is 7.82. The van der Waals surface area contributed by atoms with Gasteiger partial charge < -0.3 is 4.74 Å². The van der Waals surface area contributed by atoms with Crippen LogP contribution in [0.3, 0.4) is 0 Å². The zero-order valence-corrected chi connectivity index (χ0v) is 17.7. The molecular formula is C24H16Br2O. The Kier molecular flexibility index (Phi) is 4.30. The van der Waals surface area contributed by atoms with Crippen LogP contribution in [-0.2, 0) is 11.9 Å². The van der Waals surface area contributed by atoms with Crippen LogP contribution in [0.1, 0.15) is 11.1 Å². The predicted molar refractivity (Wildman–Crippen MR) is 121 cm³/mol. The van der Waals surface area contributed by atoms with E-state index in [1.807, 2.05) is 0 Å². The van der Waals surface area contributed by atoms with Crippen LogP contribution in [0.15, 0.2) is 77.3 Å². The van der Waals surface area contributed by atoms with E-state index in [1.165, 1.54) is 37.9 Å². The van der Waals surface area contributed by atoms with Crippen molar-refractivity contribution in [1.82, 2.24) is 0 Å². The summed E-state index contributed by atoms with van der Waals surface area (Å²) < 4.78 is 7.34. The maximum Gasteiger partial charge on any atom is 0.127 e. The first-order valence-corrected chi connectivity index (χ1v) is 10.8. The summed E-state index contributed by atoms with van der Waals surface area (Å²) in [5.74, 6) is 0.932. The second-order valence-electron chi connectivity index (χ2n) is 6.81. The van der Waals surface area contributed by atoms with E-state index in [2.05, 4.69) is 105 Å². The summed E-state index contributed by atoms with van der Waals surface area (Å²) in [6, 6.07) is 25.9. The highest BCUT2D eigenvalue weighted by Crippen LogP contribution is 2.38. The summed E-state index contributed by atoms with van der Waals surface area (Å²) in [4.78, 5) is 0. The Morgan fingerprint density at radius 3 is 2.15 bits per heavy atom. The standard InChI is InChI=1S/C24H16Br2O/c25-13-15-10-16(12-20(26)11-15)14-27-22-9-7-19-5-4-17-2-1-3-18-6-8-21(22)24(19)23(17)18/h1-12H,13-14H2. The van der Waals surface area contributed by atoms with Gasteiger partial charge in [0.05, 0.1) is 0 Å². The molecule has 5 rings (SSSR count). The van der Waals surface area contributed by atoms with E-state index < -0.39 is 0 Å².